The molecule has 0 amide bonds. The Balaban J connectivity index is 1.93. The Bertz CT molecular complexity index is 647. The van der Waals surface area contributed by atoms with Crippen LogP contribution in [0.4, 0.5) is 0 Å². The van der Waals surface area contributed by atoms with Crippen LogP contribution in [0.2, 0.25) is 0 Å². The van der Waals surface area contributed by atoms with Crippen LogP contribution in [0.25, 0.3) is 0 Å². The molecule has 1 saturated heterocycles. The van der Waals surface area contributed by atoms with Gasteiger partial charge in [0, 0.05) is 0 Å². The van der Waals surface area contributed by atoms with Gasteiger partial charge in [0.05, 0.1) is 23.0 Å². The lowest BCUT2D eigenvalue weighted by atomic mass is 9.71. The zero-order valence-electron chi connectivity index (χ0n) is 10.5. The number of fused-ring (bicyclic) bond motifs is 1. The van der Waals surface area contributed by atoms with Crippen LogP contribution in [-0.4, -0.2) is 26.5 Å². The highest BCUT2D eigenvalue weighted by molar-refractivity contribution is 7.91. The van der Waals surface area contributed by atoms with Gasteiger partial charge in [0.25, 0.3) is 0 Å². The van der Waals surface area contributed by atoms with Crippen LogP contribution < -0.4 is 4.74 Å². The standard InChI is InChI=1S/C14H15NO3S/c15-9-14(12-5-6-19(16,17)8-12)7-11-3-1-2-4-13(11)18-10-14/h1-4,12H,5-8,10H2. The van der Waals surface area contributed by atoms with E-state index >= 15 is 0 Å². The van der Waals surface area contributed by atoms with E-state index in [-0.39, 0.29) is 17.4 Å². The van der Waals surface area contributed by atoms with Gasteiger partial charge in [0.15, 0.2) is 9.84 Å². The third kappa shape index (κ3) is 2.10. The van der Waals surface area contributed by atoms with Gasteiger partial charge in [-0.2, -0.15) is 5.26 Å². The highest BCUT2D eigenvalue weighted by atomic mass is 32.2. The van der Waals surface area contributed by atoms with Crippen molar-refractivity contribution >= 4 is 9.84 Å². The fraction of sp³-hybridized carbons (Fsp3) is 0.500. The first-order valence-electron chi connectivity index (χ1n) is 6.37. The summed E-state index contributed by atoms with van der Waals surface area (Å²) < 4.78 is 29.0. The van der Waals surface area contributed by atoms with E-state index in [1.807, 2.05) is 24.3 Å². The van der Waals surface area contributed by atoms with Crippen molar-refractivity contribution in [1.82, 2.24) is 0 Å². The maximum absolute atomic E-state index is 11.6. The molecule has 4 nitrogen and oxygen atoms in total. The smallest absolute Gasteiger partial charge is 0.150 e. The van der Waals surface area contributed by atoms with E-state index in [1.54, 1.807) is 0 Å². The molecule has 2 unspecified atom stereocenters. The summed E-state index contributed by atoms with van der Waals surface area (Å²) >= 11 is 0. The highest BCUT2D eigenvalue weighted by Gasteiger charge is 2.47. The third-order valence-electron chi connectivity index (χ3n) is 4.20. The van der Waals surface area contributed by atoms with Crippen molar-refractivity contribution < 1.29 is 13.2 Å². The average molecular weight is 277 g/mol. The van der Waals surface area contributed by atoms with Crippen molar-refractivity contribution in [1.29, 1.82) is 5.26 Å². The number of nitrogens with zero attached hydrogens (tertiary/aromatic N) is 1. The van der Waals surface area contributed by atoms with Crippen LogP contribution in [0.3, 0.4) is 0 Å². The number of ether oxygens (including phenoxy) is 1. The van der Waals surface area contributed by atoms with Crippen molar-refractivity contribution in [3.63, 3.8) is 0 Å². The van der Waals surface area contributed by atoms with E-state index in [0.29, 0.717) is 19.4 Å². The van der Waals surface area contributed by atoms with Crippen LogP contribution in [0.5, 0.6) is 5.75 Å². The summed E-state index contributed by atoms with van der Waals surface area (Å²) in [6.45, 7) is 0.292. The average Bonchev–Trinajstić information content (AvgIpc) is 2.79. The van der Waals surface area contributed by atoms with Crippen molar-refractivity contribution in [3.8, 4) is 11.8 Å². The molecule has 0 aromatic heterocycles. The van der Waals surface area contributed by atoms with Crippen LogP contribution in [0.15, 0.2) is 24.3 Å². The molecule has 1 aromatic rings. The molecule has 0 radical (unpaired) electrons. The molecule has 3 rings (SSSR count). The van der Waals surface area contributed by atoms with Gasteiger partial charge in [-0.1, -0.05) is 18.2 Å². The molecule has 1 aromatic carbocycles. The SMILES string of the molecule is N#CC1(C2CCS(=O)(=O)C2)COc2ccccc2C1. The second kappa shape index (κ2) is 4.24. The predicted octanol–water partition coefficient (Wildman–Crippen LogP) is 1.57. The minimum absolute atomic E-state index is 0.115. The van der Waals surface area contributed by atoms with Gasteiger partial charge in [-0.3, -0.25) is 0 Å². The topological polar surface area (TPSA) is 67.2 Å². The highest BCUT2D eigenvalue weighted by Crippen LogP contribution is 2.43. The van der Waals surface area contributed by atoms with E-state index < -0.39 is 15.3 Å². The van der Waals surface area contributed by atoms with Crippen molar-refractivity contribution in [3.05, 3.63) is 29.8 Å². The summed E-state index contributed by atoms with van der Waals surface area (Å²) in [4.78, 5) is 0. The Kier molecular flexibility index (Phi) is 2.79. The quantitative estimate of drug-likeness (QED) is 0.781. The normalized spacial score (nSPS) is 32.1. The summed E-state index contributed by atoms with van der Waals surface area (Å²) in [5, 5.41) is 9.57. The first-order chi connectivity index (χ1) is 9.05. The second-order valence-corrected chi connectivity index (χ2v) is 7.67. The molecule has 0 aliphatic carbocycles. The summed E-state index contributed by atoms with van der Waals surface area (Å²) in [6, 6.07) is 10.0. The van der Waals surface area contributed by atoms with Crippen LogP contribution in [0, 0.1) is 22.7 Å². The number of hydrogen-bond acceptors (Lipinski definition) is 4. The lowest BCUT2D eigenvalue weighted by molar-refractivity contribution is 0.120. The molecule has 0 spiro atoms. The molecule has 2 aliphatic heterocycles. The molecule has 0 saturated carbocycles. The van der Waals surface area contributed by atoms with Gasteiger partial charge >= 0.3 is 0 Å². The Morgan fingerprint density at radius 2 is 2.16 bits per heavy atom. The molecule has 2 heterocycles. The van der Waals surface area contributed by atoms with Crippen molar-refractivity contribution in [2.24, 2.45) is 11.3 Å². The fourth-order valence-corrected chi connectivity index (χ4v) is 4.95. The predicted molar refractivity (Wildman–Crippen MR) is 70.4 cm³/mol. The number of nitriles is 1. The fourth-order valence-electron chi connectivity index (χ4n) is 3.04. The Morgan fingerprint density at radius 1 is 1.37 bits per heavy atom. The van der Waals surface area contributed by atoms with Crippen molar-refractivity contribution in [2.75, 3.05) is 18.1 Å². The van der Waals surface area contributed by atoms with E-state index in [2.05, 4.69) is 6.07 Å². The summed E-state index contributed by atoms with van der Waals surface area (Å²) in [5.41, 5.74) is 0.303. The molecule has 0 N–H and O–H groups in total. The first-order valence-corrected chi connectivity index (χ1v) is 8.19. The van der Waals surface area contributed by atoms with Gasteiger partial charge < -0.3 is 4.74 Å². The molecular formula is C14H15NO3S. The van der Waals surface area contributed by atoms with Crippen LogP contribution in [-0.2, 0) is 16.3 Å². The monoisotopic (exact) mass is 277 g/mol. The number of benzene rings is 1. The van der Waals surface area contributed by atoms with Crippen molar-refractivity contribution in [2.45, 2.75) is 12.8 Å². The minimum atomic E-state index is -2.98. The molecule has 0 bridgehead atoms. The van der Waals surface area contributed by atoms with Gasteiger partial charge in [0.2, 0.25) is 0 Å². The van der Waals surface area contributed by atoms with Crippen LogP contribution in [0.1, 0.15) is 12.0 Å². The largest absolute Gasteiger partial charge is 0.492 e. The Labute approximate surface area is 112 Å². The number of para-hydroxylation sites is 1. The minimum Gasteiger partial charge on any atom is -0.492 e. The van der Waals surface area contributed by atoms with Gasteiger partial charge in [0.1, 0.15) is 12.4 Å². The van der Waals surface area contributed by atoms with Gasteiger partial charge in [-0.15, -0.1) is 0 Å². The van der Waals surface area contributed by atoms with Crippen LogP contribution >= 0.6 is 0 Å². The lowest BCUT2D eigenvalue weighted by Crippen LogP contribution is -2.41. The maximum atomic E-state index is 11.6. The lowest BCUT2D eigenvalue weighted by Gasteiger charge is -2.36. The Hall–Kier alpha value is -1.54. The molecular weight excluding hydrogens is 262 g/mol. The summed E-state index contributed by atoms with van der Waals surface area (Å²) in [5.74, 6) is 1.01. The molecule has 2 atom stereocenters. The first kappa shape index (κ1) is 12.5. The second-order valence-electron chi connectivity index (χ2n) is 5.44. The van der Waals surface area contributed by atoms with E-state index in [4.69, 9.17) is 4.74 Å². The molecule has 19 heavy (non-hydrogen) atoms. The third-order valence-corrected chi connectivity index (χ3v) is 5.97. The summed E-state index contributed by atoms with van der Waals surface area (Å²) in [6.07, 6.45) is 1.15. The number of hydrogen-bond donors (Lipinski definition) is 0. The maximum Gasteiger partial charge on any atom is 0.150 e. The Morgan fingerprint density at radius 3 is 2.84 bits per heavy atom. The molecule has 2 aliphatic rings. The van der Waals surface area contributed by atoms with Gasteiger partial charge in [-0.05, 0) is 30.4 Å². The van der Waals surface area contributed by atoms with Gasteiger partial charge in [-0.25, -0.2) is 8.42 Å². The zero-order chi connectivity index (χ0) is 13.5. The molecule has 5 heteroatoms. The summed E-state index contributed by atoms with van der Waals surface area (Å²) in [7, 11) is -2.98. The number of rotatable bonds is 1. The zero-order valence-corrected chi connectivity index (χ0v) is 11.3. The number of sulfone groups is 1. The van der Waals surface area contributed by atoms with E-state index in [1.165, 1.54) is 0 Å². The molecule has 100 valence electrons. The van der Waals surface area contributed by atoms with E-state index in [0.717, 1.165) is 11.3 Å². The van der Waals surface area contributed by atoms with E-state index in [9.17, 15) is 13.7 Å². The molecule has 1 fully saturated rings.